The maximum absolute atomic E-state index is 12.4. The predicted octanol–water partition coefficient (Wildman–Crippen LogP) is 7.12. The van der Waals surface area contributed by atoms with Crippen molar-refractivity contribution in [2.24, 2.45) is 30.7 Å². The summed E-state index contributed by atoms with van der Waals surface area (Å²) in [6.45, 7) is 1.64. The first kappa shape index (κ1) is 43.8. The zero-order valence-corrected chi connectivity index (χ0v) is 34.0. The van der Waals surface area contributed by atoms with Crippen LogP contribution in [-0.4, -0.2) is 69.2 Å². The highest BCUT2D eigenvalue weighted by Gasteiger charge is 2.27. The number of aromatic hydroxyl groups is 2. The third kappa shape index (κ3) is 9.07. The maximum Gasteiger partial charge on any atom is 0.296 e. The van der Waals surface area contributed by atoms with E-state index in [1.54, 1.807) is 6.92 Å². The number of nitrogens with zero attached hydrogens (tertiary/aromatic N) is 6. The van der Waals surface area contributed by atoms with Crippen LogP contribution in [0.1, 0.15) is 5.56 Å². The minimum Gasteiger partial charge on any atom is -0.505 e. The van der Waals surface area contributed by atoms with E-state index in [1.807, 2.05) is 0 Å². The van der Waals surface area contributed by atoms with Gasteiger partial charge >= 0.3 is 0 Å². The highest BCUT2D eigenvalue weighted by atomic mass is 32.2. The number of nitrogen functional groups attached to an aromatic ring is 2. The first-order valence-electron chi connectivity index (χ1n) is 16.4. The van der Waals surface area contributed by atoms with Gasteiger partial charge < -0.3 is 26.4 Å². The molecule has 0 aliphatic carbocycles. The second kappa shape index (κ2) is 15.7. The van der Waals surface area contributed by atoms with Gasteiger partial charge in [0.25, 0.3) is 40.5 Å². The molecule has 27 heteroatoms. The molecule has 0 radical (unpaired) electrons. The molecule has 0 atom stereocenters. The fourth-order valence-electron chi connectivity index (χ4n) is 5.78. The fourth-order valence-corrected chi connectivity index (χ4v) is 8.20. The predicted molar refractivity (Wildman–Crippen MR) is 216 cm³/mol. The first-order valence-corrected chi connectivity index (χ1v) is 22.2. The van der Waals surface area contributed by atoms with Crippen molar-refractivity contribution in [1.29, 1.82) is 0 Å². The monoisotopic (exact) mass is 916 g/mol. The normalized spacial score (nSPS) is 13.0. The van der Waals surface area contributed by atoms with Gasteiger partial charge in [0.1, 0.15) is 32.6 Å². The molecule has 0 unspecified atom stereocenters. The molecule has 0 amide bonds. The van der Waals surface area contributed by atoms with E-state index in [1.165, 1.54) is 43.5 Å². The zero-order valence-electron chi connectivity index (χ0n) is 30.8. The summed E-state index contributed by atoms with van der Waals surface area (Å²) >= 11 is 0. The number of rotatable bonds is 11. The molecule has 0 heterocycles. The minimum absolute atomic E-state index is 0.0740. The molecule has 6 aromatic carbocycles. The summed E-state index contributed by atoms with van der Waals surface area (Å²) in [5.74, 6) is -1.68. The van der Waals surface area contributed by atoms with E-state index in [9.17, 15) is 62.1 Å². The summed E-state index contributed by atoms with van der Waals surface area (Å²) in [5, 5.41) is 44.8. The number of nitrogens with two attached hydrogens (primary N) is 2. The van der Waals surface area contributed by atoms with Gasteiger partial charge in [-0.05, 0) is 96.1 Å². The Kier molecular flexibility index (Phi) is 11.3. The molecule has 10 N–H and O–H groups in total. The third-order valence-corrected chi connectivity index (χ3v) is 12.0. The SMILES string of the molecule is COc1cc(C)c(N=Nc2ccc(N=Nc3c(S(=O)(=O)O)cc4cc(S(=O)(=O)O)cc(N)c4c3O)cc2)cc1N=Nc1c(S(=O)(=O)O)cc2cc(S(=O)(=O)O)cc(N)c2c1O. The van der Waals surface area contributed by atoms with Crippen LogP contribution < -0.4 is 16.2 Å². The molecule has 0 spiro atoms. The van der Waals surface area contributed by atoms with E-state index in [4.69, 9.17) is 16.2 Å². The summed E-state index contributed by atoms with van der Waals surface area (Å²) < 4.78 is 140. The summed E-state index contributed by atoms with van der Waals surface area (Å²) in [5.41, 5.74) is 10.5. The van der Waals surface area contributed by atoms with Gasteiger partial charge in [-0.2, -0.15) is 49.0 Å². The quantitative estimate of drug-likeness (QED) is 0.0364. The van der Waals surface area contributed by atoms with Gasteiger partial charge in [0.05, 0.1) is 34.0 Å². The average Bonchev–Trinajstić information content (AvgIpc) is 3.15. The van der Waals surface area contributed by atoms with E-state index in [2.05, 4.69) is 30.7 Å². The lowest BCUT2D eigenvalue weighted by molar-refractivity contribution is 0.415. The minimum atomic E-state index is -5.15. The highest BCUT2D eigenvalue weighted by Crippen LogP contribution is 2.47. The molecule has 0 bridgehead atoms. The van der Waals surface area contributed by atoms with Crippen LogP contribution in [0.3, 0.4) is 0 Å². The van der Waals surface area contributed by atoms with E-state index in [-0.39, 0.29) is 55.7 Å². The van der Waals surface area contributed by atoms with Crippen molar-refractivity contribution in [2.75, 3.05) is 18.6 Å². The largest absolute Gasteiger partial charge is 0.505 e. The standard InChI is InChI=1S/C34H28N8O15S4/c1-15-7-26(57-2)25(40-42-32-28(61(54,55)56)11-17-9-21(59(48,49)50)13-23(36)30(17)34(32)44)14-24(15)39-37-18-3-5-19(6-4-18)38-41-31-27(60(51,52)53)10-16-8-20(58(45,46)47)12-22(35)29(16)33(31)43/h3-14,43-44H,35-36H2,1-2H3,(H,45,46,47)(H,48,49,50)(H,51,52,53)(H,54,55,56). The molecular formula is C34H28N8O15S4. The Balaban J connectivity index is 1.32. The second-order valence-electron chi connectivity index (χ2n) is 12.7. The van der Waals surface area contributed by atoms with Crippen LogP contribution in [0.15, 0.2) is 123 Å². The van der Waals surface area contributed by atoms with Gasteiger partial charge in [-0.3, -0.25) is 18.2 Å². The lowest BCUT2D eigenvalue weighted by atomic mass is 10.1. The number of aryl methyl sites for hydroxylation is 1. The van der Waals surface area contributed by atoms with Crippen LogP contribution in [-0.2, 0) is 40.5 Å². The smallest absolute Gasteiger partial charge is 0.296 e. The number of methoxy groups -OCH3 is 1. The van der Waals surface area contributed by atoms with Gasteiger partial charge in [-0.25, -0.2) is 0 Å². The molecule has 0 saturated heterocycles. The number of phenolic OH excluding ortho intramolecular Hbond substituents is 2. The van der Waals surface area contributed by atoms with E-state index < -0.39 is 88.6 Å². The van der Waals surface area contributed by atoms with Gasteiger partial charge in [0, 0.05) is 22.1 Å². The highest BCUT2D eigenvalue weighted by molar-refractivity contribution is 7.86. The summed E-state index contributed by atoms with van der Waals surface area (Å²) in [6, 6.07) is 13.2. The molecule has 0 aliphatic rings. The Hall–Kier alpha value is -6.72. The van der Waals surface area contributed by atoms with E-state index in [0.29, 0.717) is 5.56 Å². The Labute approximate surface area is 344 Å². The van der Waals surface area contributed by atoms with Crippen molar-refractivity contribution in [3.8, 4) is 17.2 Å². The summed E-state index contributed by atoms with van der Waals surface area (Å²) in [4.78, 5) is -3.37. The van der Waals surface area contributed by atoms with Gasteiger partial charge in [0.2, 0.25) is 0 Å². The Morgan fingerprint density at radius 1 is 0.508 bits per heavy atom. The van der Waals surface area contributed by atoms with Crippen molar-refractivity contribution < 1.29 is 66.8 Å². The van der Waals surface area contributed by atoms with Crippen molar-refractivity contribution in [3.05, 3.63) is 78.4 Å². The zero-order chi connectivity index (χ0) is 45.0. The van der Waals surface area contributed by atoms with Crippen LogP contribution >= 0.6 is 0 Å². The van der Waals surface area contributed by atoms with Crippen molar-refractivity contribution >= 4 is 108 Å². The fraction of sp³-hybridized carbons (Fsp3) is 0.0588. The van der Waals surface area contributed by atoms with Gasteiger partial charge in [-0.1, -0.05) is 0 Å². The molecule has 318 valence electrons. The van der Waals surface area contributed by atoms with Crippen molar-refractivity contribution in [2.45, 2.75) is 26.5 Å². The maximum atomic E-state index is 12.4. The van der Waals surface area contributed by atoms with Gasteiger partial charge in [0.15, 0.2) is 11.5 Å². The third-order valence-electron chi connectivity index (χ3n) is 8.60. The number of benzene rings is 6. The molecule has 23 nitrogen and oxygen atoms in total. The number of ether oxygens (including phenoxy) is 1. The Bertz CT molecular complexity index is 3400. The van der Waals surface area contributed by atoms with E-state index in [0.717, 1.165) is 36.4 Å². The first-order chi connectivity index (χ1) is 28.3. The molecule has 61 heavy (non-hydrogen) atoms. The van der Waals surface area contributed by atoms with Crippen molar-refractivity contribution in [1.82, 2.24) is 0 Å². The number of hydrogen-bond acceptors (Lipinski definition) is 19. The summed E-state index contributed by atoms with van der Waals surface area (Å²) in [7, 11) is -18.5. The Morgan fingerprint density at radius 2 is 0.902 bits per heavy atom. The number of fused-ring (bicyclic) bond motifs is 2. The van der Waals surface area contributed by atoms with Gasteiger partial charge in [-0.15, -0.1) is 15.3 Å². The molecule has 0 aromatic heterocycles. The van der Waals surface area contributed by atoms with Crippen LogP contribution in [0.2, 0.25) is 0 Å². The lowest BCUT2D eigenvalue weighted by Crippen LogP contribution is -2.02. The van der Waals surface area contributed by atoms with Crippen LogP contribution in [0, 0.1) is 6.92 Å². The topological polar surface area (TPSA) is 393 Å². The molecule has 6 aromatic rings. The summed E-state index contributed by atoms with van der Waals surface area (Å²) in [6.07, 6.45) is 0. The average molecular weight is 917 g/mol. The molecule has 6 rings (SSSR count). The van der Waals surface area contributed by atoms with E-state index >= 15 is 0 Å². The van der Waals surface area contributed by atoms with Crippen LogP contribution in [0.4, 0.5) is 45.5 Å². The number of hydrogen-bond donors (Lipinski definition) is 8. The molecule has 0 fully saturated rings. The molecule has 0 aliphatic heterocycles. The molecular weight excluding hydrogens is 889 g/mol. The second-order valence-corrected chi connectivity index (χ2v) is 18.3. The lowest BCUT2D eigenvalue weighted by Gasteiger charge is -2.12. The van der Waals surface area contributed by atoms with Crippen LogP contribution in [0.5, 0.6) is 17.2 Å². The number of phenols is 2. The Morgan fingerprint density at radius 3 is 1.30 bits per heavy atom. The number of anilines is 2. The molecule has 0 saturated carbocycles. The van der Waals surface area contributed by atoms with Crippen molar-refractivity contribution in [3.63, 3.8) is 0 Å². The number of azo groups is 3. The van der Waals surface area contributed by atoms with Crippen LogP contribution in [0.25, 0.3) is 21.5 Å².